The fraction of sp³-hybridized carbons (Fsp3) is 1.00. The van der Waals surface area contributed by atoms with Gasteiger partial charge in [0.25, 0.3) is 0 Å². The van der Waals surface area contributed by atoms with E-state index in [4.69, 9.17) is 0 Å². The minimum Gasteiger partial charge on any atom is -0.313 e. The first kappa shape index (κ1) is 11.4. The van der Waals surface area contributed by atoms with Gasteiger partial charge >= 0.3 is 0 Å². The zero-order valence-corrected chi connectivity index (χ0v) is 10.6. The Balaban J connectivity index is 1.61. The quantitative estimate of drug-likeness (QED) is 0.765. The largest absolute Gasteiger partial charge is 0.313 e. The molecular formula is C13H26N2. The summed E-state index contributed by atoms with van der Waals surface area (Å²) in [6.45, 7) is 7.23. The smallest absolute Gasteiger partial charge is 0.0124 e. The van der Waals surface area contributed by atoms with Crippen LogP contribution in [0.15, 0.2) is 0 Å². The van der Waals surface area contributed by atoms with Crippen molar-refractivity contribution >= 4 is 0 Å². The molecule has 1 heterocycles. The van der Waals surface area contributed by atoms with Gasteiger partial charge in [-0.2, -0.15) is 0 Å². The van der Waals surface area contributed by atoms with Crippen LogP contribution < -0.4 is 5.32 Å². The molecule has 1 saturated carbocycles. The van der Waals surface area contributed by atoms with Crippen LogP contribution in [0.2, 0.25) is 0 Å². The van der Waals surface area contributed by atoms with Crippen molar-refractivity contribution in [3.63, 3.8) is 0 Å². The average molecular weight is 210 g/mol. The molecule has 2 unspecified atom stereocenters. The fourth-order valence-corrected chi connectivity index (χ4v) is 2.75. The summed E-state index contributed by atoms with van der Waals surface area (Å²) in [4.78, 5) is 2.54. The van der Waals surface area contributed by atoms with Gasteiger partial charge in [-0.1, -0.05) is 20.3 Å². The van der Waals surface area contributed by atoms with Crippen molar-refractivity contribution in [2.75, 3.05) is 20.1 Å². The van der Waals surface area contributed by atoms with Gasteiger partial charge in [0.05, 0.1) is 0 Å². The molecule has 0 aromatic rings. The molecule has 2 atom stereocenters. The van der Waals surface area contributed by atoms with Gasteiger partial charge in [-0.05, 0) is 51.2 Å². The van der Waals surface area contributed by atoms with Gasteiger partial charge in [-0.3, -0.25) is 0 Å². The van der Waals surface area contributed by atoms with Gasteiger partial charge in [-0.25, -0.2) is 0 Å². The number of hydrogen-bond acceptors (Lipinski definition) is 2. The van der Waals surface area contributed by atoms with Crippen LogP contribution in [0.3, 0.4) is 0 Å². The Morgan fingerprint density at radius 1 is 1.33 bits per heavy atom. The molecule has 0 amide bonds. The lowest BCUT2D eigenvalue weighted by Gasteiger charge is -2.32. The van der Waals surface area contributed by atoms with E-state index < -0.39 is 0 Å². The molecular weight excluding hydrogens is 184 g/mol. The van der Waals surface area contributed by atoms with Gasteiger partial charge in [0.15, 0.2) is 0 Å². The molecule has 0 spiro atoms. The van der Waals surface area contributed by atoms with Crippen molar-refractivity contribution < 1.29 is 0 Å². The molecule has 1 aliphatic heterocycles. The minimum atomic E-state index is 0.582. The third-order valence-electron chi connectivity index (χ3n) is 4.30. The predicted octanol–water partition coefficient (Wildman–Crippen LogP) is 2.25. The SMILES string of the molecule is CN1CCCCC1CCNC1CC1(C)C. The summed E-state index contributed by atoms with van der Waals surface area (Å²) in [6, 6.07) is 1.64. The second-order valence-corrected chi connectivity index (χ2v) is 6.12. The van der Waals surface area contributed by atoms with E-state index in [-0.39, 0.29) is 0 Å². The van der Waals surface area contributed by atoms with Crippen LogP contribution in [-0.4, -0.2) is 37.1 Å². The van der Waals surface area contributed by atoms with Gasteiger partial charge in [0, 0.05) is 12.1 Å². The molecule has 0 bridgehead atoms. The molecule has 0 aromatic heterocycles. The Kier molecular flexibility index (Phi) is 3.36. The predicted molar refractivity (Wildman–Crippen MR) is 65.1 cm³/mol. The van der Waals surface area contributed by atoms with Gasteiger partial charge < -0.3 is 10.2 Å². The van der Waals surface area contributed by atoms with Crippen molar-refractivity contribution in [1.29, 1.82) is 0 Å². The molecule has 1 aliphatic carbocycles. The van der Waals surface area contributed by atoms with E-state index in [0.717, 1.165) is 12.1 Å². The Morgan fingerprint density at radius 3 is 2.67 bits per heavy atom. The number of piperidine rings is 1. The minimum absolute atomic E-state index is 0.582. The lowest BCUT2D eigenvalue weighted by Crippen LogP contribution is -2.38. The normalized spacial score (nSPS) is 35.4. The molecule has 2 fully saturated rings. The maximum absolute atomic E-state index is 3.69. The van der Waals surface area contributed by atoms with Gasteiger partial charge in [-0.15, -0.1) is 0 Å². The van der Waals surface area contributed by atoms with Gasteiger partial charge in [0.2, 0.25) is 0 Å². The number of nitrogens with one attached hydrogen (secondary N) is 1. The van der Waals surface area contributed by atoms with E-state index in [1.54, 1.807) is 0 Å². The van der Waals surface area contributed by atoms with Crippen LogP contribution in [0.4, 0.5) is 0 Å². The molecule has 88 valence electrons. The van der Waals surface area contributed by atoms with Crippen molar-refractivity contribution in [3.05, 3.63) is 0 Å². The lowest BCUT2D eigenvalue weighted by atomic mass is 10.0. The zero-order chi connectivity index (χ0) is 10.9. The summed E-state index contributed by atoms with van der Waals surface area (Å²) >= 11 is 0. The molecule has 2 rings (SSSR count). The summed E-state index contributed by atoms with van der Waals surface area (Å²) in [7, 11) is 2.28. The van der Waals surface area contributed by atoms with E-state index in [2.05, 4.69) is 31.1 Å². The summed E-state index contributed by atoms with van der Waals surface area (Å²) in [5, 5.41) is 3.69. The number of rotatable bonds is 4. The third kappa shape index (κ3) is 2.94. The molecule has 2 aliphatic rings. The summed E-state index contributed by atoms with van der Waals surface area (Å²) in [5.74, 6) is 0. The van der Waals surface area contributed by atoms with Crippen molar-refractivity contribution in [2.45, 2.75) is 58.0 Å². The van der Waals surface area contributed by atoms with E-state index >= 15 is 0 Å². The third-order valence-corrected chi connectivity index (χ3v) is 4.30. The van der Waals surface area contributed by atoms with Crippen molar-refractivity contribution in [3.8, 4) is 0 Å². The van der Waals surface area contributed by atoms with E-state index in [0.29, 0.717) is 5.41 Å². The molecule has 2 heteroatoms. The highest BCUT2D eigenvalue weighted by Crippen LogP contribution is 2.44. The highest BCUT2D eigenvalue weighted by Gasteiger charge is 2.44. The van der Waals surface area contributed by atoms with Crippen LogP contribution in [0.25, 0.3) is 0 Å². The van der Waals surface area contributed by atoms with E-state index in [1.807, 2.05) is 0 Å². The first-order chi connectivity index (χ1) is 7.09. The Labute approximate surface area is 94.4 Å². The van der Waals surface area contributed by atoms with Crippen LogP contribution >= 0.6 is 0 Å². The number of likely N-dealkylation sites (tertiary alicyclic amines) is 1. The van der Waals surface area contributed by atoms with Crippen LogP contribution in [0.1, 0.15) is 46.0 Å². The number of nitrogens with zero attached hydrogens (tertiary/aromatic N) is 1. The zero-order valence-electron chi connectivity index (χ0n) is 10.6. The van der Waals surface area contributed by atoms with Crippen LogP contribution in [0, 0.1) is 5.41 Å². The standard InChI is InChI=1S/C13H26N2/c1-13(2)10-12(13)14-8-7-11-6-4-5-9-15(11)3/h11-12,14H,4-10H2,1-3H3. The highest BCUT2D eigenvalue weighted by atomic mass is 15.1. The topological polar surface area (TPSA) is 15.3 Å². The molecule has 0 radical (unpaired) electrons. The second kappa shape index (κ2) is 4.42. The molecule has 15 heavy (non-hydrogen) atoms. The first-order valence-corrected chi connectivity index (χ1v) is 6.53. The Hall–Kier alpha value is -0.0800. The maximum Gasteiger partial charge on any atom is 0.0124 e. The average Bonchev–Trinajstić information content (AvgIpc) is 2.78. The van der Waals surface area contributed by atoms with E-state index in [1.165, 1.54) is 45.2 Å². The lowest BCUT2D eigenvalue weighted by molar-refractivity contribution is 0.175. The van der Waals surface area contributed by atoms with E-state index in [9.17, 15) is 0 Å². The molecule has 2 nitrogen and oxygen atoms in total. The molecule has 1 N–H and O–H groups in total. The van der Waals surface area contributed by atoms with Crippen LogP contribution in [-0.2, 0) is 0 Å². The first-order valence-electron chi connectivity index (χ1n) is 6.53. The number of hydrogen-bond donors (Lipinski definition) is 1. The maximum atomic E-state index is 3.69. The summed E-state index contributed by atoms with van der Waals surface area (Å²) < 4.78 is 0. The molecule has 1 saturated heterocycles. The molecule has 0 aromatic carbocycles. The van der Waals surface area contributed by atoms with Crippen molar-refractivity contribution in [1.82, 2.24) is 10.2 Å². The second-order valence-electron chi connectivity index (χ2n) is 6.12. The Morgan fingerprint density at radius 2 is 2.07 bits per heavy atom. The van der Waals surface area contributed by atoms with Crippen LogP contribution in [0.5, 0.6) is 0 Å². The van der Waals surface area contributed by atoms with Gasteiger partial charge in [0.1, 0.15) is 0 Å². The highest BCUT2D eigenvalue weighted by molar-refractivity contribution is 5.01. The van der Waals surface area contributed by atoms with Crippen molar-refractivity contribution in [2.24, 2.45) is 5.41 Å². The summed E-state index contributed by atoms with van der Waals surface area (Å²) in [5.41, 5.74) is 0.582. The fourth-order valence-electron chi connectivity index (χ4n) is 2.75. The summed E-state index contributed by atoms with van der Waals surface area (Å²) in [6.07, 6.45) is 6.95. The monoisotopic (exact) mass is 210 g/mol. The Bertz CT molecular complexity index is 213.